The van der Waals surface area contributed by atoms with Crippen LogP contribution in [0, 0.1) is 23.7 Å². The predicted octanol–water partition coefficient (Wildman–Crippen LogP) is 10.9. The molecule has 14 nitrogen and oxygen atoms in total. The Morgan fingerprint density at radius 2 is 0.928 bits per heavy atom. The van der Waals surface area contributed by atoms with Crippen molar-refractivity contribution in [3.05, 3.63) is 59.2 Å². The third-order valence-corrected chi connectivity index (χ3v) is 16.8. The molecule has 4 aromatic rings. The van der Waals surface area contributed by atoms with Gasteiger partial charge in [-0.3, -0.25) is 9.59 Å². The minimum Gasteiger partial charge on any atom is -0.453 e. The smallest absolute Gasteiger partial charge is 0.407 e. The summed E-state index contributed by atoms with van der Waals surface area (Å²) >= 11 is 0. The van der Waals surface area contributed by atoms with Gasteiger partial charge in [0.15, 0.2) is 0 Å². The number of aromatic nitrogens is 4. The van der Waals surface area contributed by atoms with Gasteiger partial charge in [-0.2, -0.15) is 0 Å². The molecule has 6 fully saturated rings. The quantitative estimate of drug-likeness (QED) is 0.114. The van der Waals surface area contributed by atoms with Crippen LogP contribution in [0.3, 0.4) is 0 Å². The molecule has 2 saturated heterocycles. The Kier molecular flexibility index (Phi) is 16.3. The summed E-state index contributed by atoms with van der Waals surface area (Å²) in [4.78, 5) is 73.2. The molecule has 2 aromatic carbocycles. The molecule has 2 aromatic heterocycles. The Balaban J connectivity index is 0.000000183. The maximum atomic E-state index is 13.9. The summed E-state index contributed by atoms with van der Waals surface area (Å²) < 4.78 is 9.63. The number of imidazole rings is 2. The van der Waals surface area contributed by atoms with Gasteiger partial charge in [0.05, 0.1) is 48.4 Å². The first kappa shape index (κ1) is 50.8. The van der Waals surface area contributed by atoms with Crippen LogP contribution in [-0.2, 0) is 36.1 Å². The van der Waals surface area contributed by atoms with E-state index in [0.29, 0.717) is 23.7 Å². The molecule has 15 heteroatoms. The summed E-state index contributed by atoms with van der Waals surface area (Å²) in [7, 11) is 2.67. The Morgan fingerprint density at radius 1 is 0.565 bits per heavy atom. The number of nitrogens with zero attached hydrogens (tertiary/aromatic N) is 4. The monoisotopic (exact) mass is 989 g/mol. The van der Waals surface area contributed by atoms with Crippen molar-refractivity contribution in [3.8, 4) is 0 Å². The van der Waals surface area contributed by atoms with E-state index in [-0.39, 0.29) is 64.9 Å². The molecule has 0 bridgehead atoms. The first-order chi connectivity index (χ1) is 32.9. The number of aromatic amines is 2. The van der Waals surface area contributed by atoms with E-state index in [1.54, 1.807) is 0 Å². The van der Waals surface area contributed by atoms with Gasteiger partial charge in [0.2, 0.25) is 11.8 Å². The van der Waals surface area contributed by atoms with Gasteiger partial charge in [-0.1, -0.05) is 91.2 Å². The topological polar surface area (TPSA) is 175 Å². The Bertz CT molecular complexity index is 2260. The molecule has 8 atom stereocenters. The van der Waals surface area contributed by atoms with E-state index >= 15 is 0 Å². The summed E-state index contributed by atoms with van der Waals surface area (Å²) in [6.07, 6.45) is 20.1. The minimum absolute atomic E-state index is 0. The maximum Gasteiger partial charge on any atom is 0.407 e. The summed E-state index contributed by atoms with van der Waals surface area (Å²) in [6.45, 7) is 7.86. The van der Waals surface area contributed by atoms with E-state index in [4.69, 9.17) is 19.4 Å². The Morgan fingerprint density at radius 3 is 1.29 bits per heavy atom. The van der Waals surface area contributed by atoms with Gasteiger partial charge in [-0.25, -0.2) is 19.6 Å². The first-order valence-electron chi connectivity index (χ1n) is 26.2. The average Bonchev–Trinajstić information content (AvgIpc) is 4.21. The number of H-pyrrole nitrogens is 2. The van der Waals surface area contributed by atoms with Crippen molar-refractivity contribution < 1.29 is 45.7 Å². The second-order valence-electron chi connectivity index (χ2n) is 21.7. The molecule has 4 N–H and O–H groups in total. The van der Waals surface area contributed by atoms with Crippen LogP contribution in [0.25, 0.3) is 22.1 Å². The van der Waals surface area contributed by atoms with E-state index in [1.807, 2.05) is 27.7 Å². The zero-order valence-corrected chi connectivity index (χ0v) is 42.8. The van der Waals surface area contributed by atoms with Gasteiger partial charge in [-0.05, 0) is 135 Å². The SMILES string of the molecule is COC(=O)N[C@H](C(=O)N1[C@H](c2nc3ccc(C4CCCC4)cc3[nH]2)C[C@@H]2CCCC[C@@H]21)C(C)C.COC(=O)N[C@H](C(=O)N1[C@H](c2nc3ccc(C4CCCC4)cc3[nH]2)C[C@@H]2CCCC[C@@H]21)C(C)C.[Fe]. The van der Waals surface area contributed by atoms with Gasteiger partial charge < -0.3 is 39.9 Å². The van der Waals surface area contributed by atoms with Crippen LogP contribution in [0.2, 0.25) is 0 Å². The molecule has 4 saturated carbocycles. The van der Waals surface area contributed by atoms with E-state index < -0.39 is 24.3 Å². The summed E-state index contributed by atoms with van der Waals surface area (Å²) in [5, 5.41) is 5.59. The number of methoxy groups -OCH3 is 2. The number of likely N-dealkylation sites (tertiary alicyclic amines) is 2. The summed E-state index contributed by atoms with van der Waals surface area (Å²) in [5.41, 5.74) is 6.86. The maximum absolute atomic E-state index is 13.9. The molecule has 4 heterocycles. The average molecular weight is 989 g/mol. The van der Waals surface area contributed by atoms with Crippen LogP contribution in [0.1, 0.15) is 190 Å². The number of benzene rings is 2. The third-order valence-electron chi connectivity index (χ3n) is 16.8. The largest absolute Gasteiger partial charge is 0.453 e. The fourth-order valence-electron chi connectivity index (χ4n) is 13.2. The Hall–Kier alpha value is -4.62. The second-order valence-corrected chi connectivity index (χ2v) is 21.7. The zero-order valence-electron chi connectivity index (χ0n) is 41.7. The third kappa shape index (κ3) is 10.7. The predicted molar refractivity (Wildman–Crippen MR) is 263 cm³/mol. The molecule has 10 rings (SSSR count). The van der Waals surface area contributed by atoms with E-state index in [2.05, 4.69) is 66.8 Å². The van der Waals surface area contributed by atoms with Crippen LogP contribution in [-0.4, -0.2) is 92.1 Å². The fourth-order valence-corrected chi connectivity index (χ4v) is 13.2. The molecule has 2 aliphatic heterocycles. The van der Waals surface area contributed by atoms with Crippen LogP contribution in [0.5, 0.6) is 0 Å². The number of hydrogen-bond acceptors (Lipinski definition) is 8. The number of carbonyl (C=O) groups excluding carboxylic acids is 4. The molecule has 4 amide bonds. The van der Waals surface area contributed by atoms with Crippen LogP contribution >= 0.6 is 0 Å². The molecule has 0 radical (unpaired) electrons. The molecule has 6 aliphatic rings. The minimum atomic E-state index is -0.617. The van der Waals surface area contributed by atoms with Crippen LogP contribution < -0.4 is 10.6 Å². The van der Waals surface area contributed by atoms with Crippen molar-refractivity contribution >= 4 is 46.1 Å². The van der Waals surface area contributed by atoms with E-state index in [9.17, 15) is 19.2 Å². The number of carbonyl (C=O) groups is 4. The number of alkyl carbamates (subject to hydrolysis) is 2. The summed E-state index contributed by atoms with van der Waals surface area (Å²) in [5.74, 6) is 3.90. The number of amides is 4. The summed E-state index contributed by atoms with van der Waals surface area (Å²) in [6, 6.07) is 12.3. The Labute approximate surface area is 418 Å². The molecule has 69 heavy (non-hydrogen) atoms. The number of ether oxygens (including phenoxy) is 2. The van der Waals surface area contributed by atoms with Crippen LogP contribution in [0.15, 0.2) is 36.4 Å². The molecular weight excluding hydrogens is 912 g/mol. The van der Waals surface area contributed by atoms with Crippen molar-refractivity contribution in [2.45, 2.75) is 191 Å². The molecule has 0 spiro atoms. The van der Waals surface area contributed by atoms with E-state index in [0.717, 1.165) is 85.1 Å². The van der Waals surface area contributed by atoms with Gasteiger partial charge >= 0.3 is 12.2 Å². The van der Waals surface area contributed by atoms with Crippen molar-refractivity contribution in [2.75, 3.05) is 14.2 Å². The van der Waals surface area contributed by atoms with Gasteiger partial charge in [-0.15, -0.1) is 0 Å². The first-order valence-corrected chi connectivity index (χ1v) is 26.2. The van der Waals surface area contributed by atoms with Crippen molar-refractivity contribution in [1.29, 1.82) is 0 Å². The fraction of sp³-hybridized carbons (Fsp3) is 0.667. The van der Waals surface area contributed by atoms with Gasteiger partial charge in [0.25, 0.3) is 0 Å². The van der Waals surface area contributed by atoms with Crippen molar-refractivity contribution in [1.82, 2.24) is 40.4 Å². The molecule has 4 aliphatic carbocycles. The van der Waals surface area contributed by atoms with Gasteiger partial charge in [0.1, 0.15) is 23.7 Å². The van der Waals surface area contributed by atoms with E-state index in [1.165, 1.54) is 89.6 Å². The van der Waals surface area contributed by atoms with Gasteiger partial charge in [0, 0.05) is 29.2 Å². The normalized spacial score (nSPS) is 25.7. The molecular formula is C54H76FeN8O6. The van der Waals surface area contributed by atoms with Crippen LogP contribution in [0.4, 0.5) is 9.59 Å². The standard InChI is InChI=1S/2C27H38N4O3.Fe/c2*1-16(2)24(30-27(33)34-3)26(32)31-22-11-7-6-10-19(22)15-23(31)25-28-20-13-12-18(14-21(20)29-25)17-8-4-5-9-17;/h2*12-14,16-17,19,22-24H,4-11,15H2,1-3H3,(H,28,29)(H,30,33);/t2*19-,22-,23-,24-;/m00./s1. The number of nitrogens with one attached hydrogen (secondary N) is 4. The number of hydrogen-bond donors (Lipinski definition) is 4. The molecule has 376 valence electrons. The molecule has 0 unspecified atom stereocenters. The number of rotatable bonds is 10. The second kappa shape index (κ2) is 22.2. The number of fused-ring (bicyclic) bond motifs is 4. The zero-order chi connectivity index (χ0) is 47.6. The van der Waals surface area contributed by atoms with Crippen molar-refractivity contribution in [2.24, 2.45) is 23.7 Å². The van der Waals surface area contributed by atoms with Crippen molar-refractivity contribution in [3.63, 3.8) is 0 Å².